The number of nitrogens with zero attached hydrogens (tertiary/aromatic N) is 4. The van der Waals surface area contributed by atoms with Gasteiger partial charge in [0.2, 0.25) is 0 Å². The lowest BCUT2D eigenvalue weighted by atomic mass is 10.0. The second-order valence-corrected chi connectivity index (χ2v) is 7.30. The lowest BCUT2D eigenvalue weighted by Crippen LogP contribution is -2.11. The molecular formula is C19H17N5OS. The van der Waals surface area contributed by atoms with Gasteiger partial charge in [0.05, 0.1) is 10.2 Å². The first-order valence-corrected chi connectivity index (χ1v) is 9.09. The lowest BCUT2D eigenvalue weighted by Gasteiger charge is -2.06. The number of carbonyl (C=O) groups excluding carboxylic acids is 1. The van der Waals surface area contributed by atoms with Gasteiger partial charge in [-0.3, -0.25) is 14.7 Å². The maximum Gasteiger partial charge on any atom is 0.257 e. The van der Waals surface area contributed by atoms with Crippen molar-refractivity contribution in [1.82, 2.24) is 19.7 Å². The van der Waals surface area contributed by atoms with Crippen LogP contribution in [-0.2, 0) is 0 Å². The summed E-state index contributed by atoms with van der Waals surface area (Å²) in [7, 11) is 0. The molecule has 0 atom stereocenters. The fraction of sp³-hybridized carbons (Fsp3) is 0.158. The molecule has 0 radical (unpaired) electrons. The van der Waals surface area contributed by atoms with Gasteiger partial charge in [0, 0.05) is 11.3 Å². The second kappa shape index (κ2) is 6.68. The molecule has 7 heteroatoms. The topological polar surface area (TPSA) is 72.7 Å². The van der Waals surface area contributed by atoms with Gasteiger partial charge in [-0.2, -0.15) is 0 Å². The molecule has 0 unspecified atom stereocenters. The van der Waals surface area contributed by atoms with E-state index in [1.54, 1.807) is 12.7 Å². The van der Waals surface area contributed by atoms with Crippen molar-refractivity contribution in [3.8, 4) is 5.69 Å². The van der Waals surface area contributed by atoms with Crippen molar-refractivity contribution in [2.45, 2.75) is 19.8 Å². The summed E-state index contributed by atoms with van der Waals surface area (Å²) < 4.78 is 2.81. The van der Waals surface area contributed by atoms with Crippen LogP contribution in [0.4, 0.5) is 5.13 Å². The third-order valence-electron chi connectivity index (χ3n) is 4.15. The van der Waals surface area contributed by atoms with Crippen molar-refractivity contribution in [3.63, 3.8) is 0 Å². The van der Waals surface area contributed by atoms with Crippen LogP contribution in [-0.4, -0.2) is 25.7 Å². The van der Waals surface area contributed by atoms with Crippen LogP contribution in [0, 0.1) is 0 Å². The molecule has 130 valence electrons. The van der Waals surface area contributed by atoms with Gasteiger partial charge in [-0.05, 0) is 41.8 Å². The van der Waals surface area contributed by atoms with Crippen LogP contribution in [0.3, 0.4) is 0 Å². The molecule has 4 aromatic rings. The molecule has 0 saturated carbocycles. The molecular weight excluding hydrogens is 346 g/mol. The predicted octanol–water partition coefficient (Wildman–Crippen LogP) is 4.25. The normalized spacial score (nSPS) is 11.2. The number of fused-ring (bicyclic) bond motifs is 1. The highest BCUT2D eigenvalue weighted by Gasteiger charge is 2.11. The Balaban J connectivity index is 1.56. The minimum atomic E-state index is -0.154. The van der Waals surface area contributed by atoms with Gasteiger partial charge in [-0.15, -0.1) is 10.2 Å². The highest BCUT2D eigenvalue weighted by atomic mass is 32.1. The van der Waals surface area contributed by atoms with E-state index >= 15 is 0 Å². The average Bonchev–Trinajstić information content (AvgIpc) is 3.30. The summed E-state index contributed by atoms with van der Waals surface area (Å²) in [5, 5.41) is 11.1. The van der Waals surface area contributed by atoms with Gasteiger partial charge in [0.15, 0.2) is 5.13 Å². The third-order valence-corrected chi connectivity index (χ3v) is 5.08. The fourth-order valence-corrected chi connectivity index (χ4v) is 3.54. The standard InChI is InChI=1S/C19H17N5OS/c1-12(2)13-3-5-14(6-4-13)18(25)23-19-22-16-8-7-15(9-17(16)26-19)24-10-20-21-11-24/h3-12H,1-2H3,(H,22,23,25). The van der Waals surface area contributed by atoms with Crippen LogP contribution >= 0.6 is 11.3 Å². The van der Waals surface area contributed by atoms with Crippen LogP contribution < -0.4 is 5.32 Å². The molecule has 0 fully saturated rings. The number of amides is 1. The van der Waals surface area contributed by atoms with Gasteiger partial charge in [0.1, 0.15) is 12.7 Å². The minimum absolute atomic E-state index is 0.154. The van der Waals surface area contributed by atoms with Gasteiger partial charge in [0.25, 0.3) is 5.91 Å². The van der Waals surface area contributed by atoms with Crippen molar-refractivity contribution >= 4 is 32.6 Å². The lowest BCUT2D eigenvalue weighted by molar-refractivity contribution is 0.102. The maximum absolute atomic E-state index is 12.5. The Hall–Kier alpha value is -3.06. The van der Waals surface area contributed by atoms with E-state index in [0.29, 0.717) is 16.6 Å². The number of nitrogens with one attached hydrogen (secondary N) is 1. The van der Waals surface area contributed by atoms with Crippen LogP contribution in [0.1, 0.15) is 35.7 Å². The first kappa shape index (κ1) is 16.4. The third kappa shape index (κ3) is 3.21. The Labute approximate surface area is 154 Å². The summed E-state index contributed by atoms with van der Waals surface area (Å²) in [6.07, 6.45) is 3.29. The average molecular weight is 363 g/mol. The smallest absolute Gasteiger partial charge is 0.257 e. The highest BCUT2D eigenvalue weighted by Crippen LogP contribution is 2.28. The molecule has 2 aromatic carbocycles. The summed E-state index contributed by atoms with van der Waals surface area (Å²) >= 11 is 1.44. The fourth-order valence-electron chi connectivity index (χ4n) is 2.65. The number of thiazole rings is 1. The molecule has 0 aliphatic rings. The van der Waals surface area contributed by atoms with Gasteiger partial charge >= 0.3 is 0 Å². The summed E-state index contributed by atoms with van der Waals surface area (Å²) in [6.45, 7) is 4.26. The van der Waals surface area contributed by atoms with Gasteiger partial charge in [-0.1, -0.05) is 37.3 Å². The minimum Gasteiger partial charge on any atom is -0.298 e. The molecule has 1 N–H and O–H groups in total. The van der Waals surface area contributed by atoms with E-state index in [4.69, 9.17) is 0 Å². The molecule has 0 spiro atoms. The van der Waals surface area contributed by atoms with Crippen LogP contribution in [0.25, 0.3) is 15.9 Å². The summed E-state index contributed by atoms with van der Waals surface area (Å²) in [6, 6.07) is 13.6. The molecule has 0 aliphatic carbocycles. The van der Waals surface area contributed by atoms with Crippen molar-refractivity contribution < 1.29 is 4.79 Å². The first-order valence-electron chi connectivity index (χ1n) is 8.27. The molecule has 0 bridgehead atoms. The van der Waals surface area contributed by atoms with E-state index in [-0.39, 0.29) is 5.91 Å². The summed E-state index contributed by atoms with van der Waals surface area (Å²) in [4.78, 5) is 17.0. The second-order valence-electron chi connectivity index (χ2n) is 6.27. The Morgan fingerprint density at radius 2 is 1.81 bits per heavy atom. The predicted molar refractivity (Wildman–Crippen MR) is 103 cm³/mol. The molecule has 4 rings (SSSR count). The van der Waals surface area contributed by atoms with Crippen molar-refractivity contribution in [2.24, 2.45) is 0 Å². The number of aromatic nitrogens is 4. The molecule has 0 aliphatic heterocycles. The Kier molecular flexibility index (Phi) is 4.22. The highest BCUT2D eigenvalue weighted by molar-refractivity contribution is 7.22. The van der Waals surface area contributed by atoms with Crippen LogP contribution in [0.15, 0.2) is 55.1 Å². The van der Waals surface area contributed by atoms with Crippen molar-refractivity contribution in [2.75, 3.05) is 5.32 Å². The molecule has 2 heterocycles. The quantitative estimate of drug-likeness (QED) is 0.588. The number of rotatable bonds is 4. The number of anilines is 1. The van der Waals surface area contributed by atoms with E-state index in [9.17, 15) is 4.79 Å². The Bertz CT molecular complexity index is 1050. The Morgan fingerprint density at radius 3 is 2.50 bits per heavy atom. The van der Waals surface area contributed by atoms with E-state index in [0.717, 1.165) is 15.9 Å². The van der Waals surface area contributed by atoms with Crippen LogP contribution in [0.5, 0.6) is 0 Å². The summed E-state index contributed by atoms with van der Waals surface area (Å²) in [5.41, 5.74) is 3.63. The first-order chi connectivity index (χ1) is 12.6. The molecule has 2 aromatic heterocycles. The zero-order chi connectivity index (χ0) is 18.1. The van der Waals surface area contributed by atoms with Gasteiger partial charge < -0.3 is 0 Å². The van der Waals surface area contributed by atoms with E-state index in [1.807, 2.05) is 47.0 Å². The SMILES string of the molecule is CC(C)c1ccc(C(=O)Nc2nc3ccc(-n4cnnc4)cc3s2)cc1. The van der Waals surface area contributed by atoms with Crippen molar-refractivity contribution in [1.29, 1.82) is 0 Å². The number of hydrogen-bond donors (Lipinski definition) is 1. The molecule has 26 heavy (non-hydrogen) atoms. The van der Waals surface area contributed by atoms with Crippen molar-refractivity contribution in [3.05, 3.63) is 66.2 Å². The number of hydrogen-bond acceptors (Lipinski definition) is 5. The van der Waals surface area contributed by atoms with E-state index in [1.165, 1.54) is 16.9 Å². The zero-order valence-corrected chi connectivity index (χ0v) is 15.2. The largest absolute Gasteiger partial charge is 0.298 e. The number of benzene rings is 2. The molecule has 6 nitrogen and oxygen atoms in total. The Morgan fingerprint density at radius 1 is 1.08 bits per heavy atom. The van der Waals surface area contributed by atoms with Crippen LogP contribution in [0.2, 0.25) is 0 Å². The van der Waals surface area contributed by atoms with E-state index in [2.05, 4.69) is 34.3 Å². The molecule has 0 saturated heterocycles. The molecule has 1 amide bonds. The maximum atomic E-state index is 12.5. The zero-order valence-electron chi connectivity index (χ0n) is 14.4. The monoisotopic (exact) mass is 363 g/mol. The summed E-state index contributed by atoms with van der Waals surface area (Å²) in [5.74, 6) is 0.287. The number of carbonyl (C=O) groups is 1. The van der Waals surface area contributed by atoms with E-state index < -0.39 is 0 Å². The van der Waals surface area contributed by atoms with Gasteiger partial charge in [-0.25, -0.2) is 4.98 Å².